The van der Waals surface area contributed by atoms with Gasteiger partial charge < -0.3 is 4.98 Å². The third kappa shape index (κ3) is 3.42. The third-order valence-electron chi connectivity index (χ3n) is 5.04. The number of aromatic nitrogens is 2. The van der Waals surface area contributed by atoms with Gasteiger partial charge in [-0.05, 0) is 41.2 Å². The number of rotatable bonds is 3. The summed E-state index contributed by atoms with van der Waals surface area (Å²) in [5.74, 6) is -0.825. The van der Waals surface area contributed by atoms with Crippen molar-refractivity contribution in [1.29, 1.82) is 0 Å². The SMILES string of the molecule is CC1(C)CC(=O)c2c([nH]c(-c3ccnc(F)c3)c2Cc2cccc(F)c2)C1. The van der Waals surface area contributed by atoms with E-state index in [9.17, 15) is 13.6 Å². The van der Waals surface area contributed by atoms with Gasteiger partial charge in [-0.3, -0.25) is 4.79 Å². The lowest BCUT2D eigenvalue weighted by atomic mass is 9.75. The van der Waals surface area contributed by atoms with E-state index in [1.165, 1.54) is 24.4 Å². The van der Waals surface area contributed by atoms with E-state index >= 15 is 0 Å². The van der Waals surface area contributed by atoms with Crippen LogP contribution in [-0.4, -0.2) is 15.8 Å². The molecule has 0 fully saturated rings. The summed E-state index contributed by atoms with van der Waals surface area (Å²) in [5.41, 5.74) is 4.31. The number of H-pyrrole nitrogens is 1. The molecule has 0 bridgehead atoms. The number of aromatic amines is 1. The highest BCUT2D eigenvalue weighted by Crippen LogP contribution is 2.40. The Balaban J connectivity index is 1.89. The molecule has 1 aliphatic rings. The Labute approximate surface area is 156 Å². The topological polar surface area (TPSA) is 45.8 Å². The van der Waals surface area contributed by atoms with Crippen molar-refractivity contribution in [2.24, 2.45) is 5.41 Å². The molecular weight excluding hydrogens is 346 g/mol. The maximum atomic E-state index is 13.7. The fraction of sp³-hybridized carbons (Fsp3) is 0.273. The van der Waals surface area contributed by atoms with Crippen molar-refractivity contribution in [3.8, 4) is 11.3 Å². The summed E-state index contributed by atoms with van der Waals surface area (Å²) in [7, 11) is 0. The van der Waals surface area contributed by atoms with Gasteiger partial charge in [0, 0.05) is 41.9 Å². The van der Waals surface area contributed by atoms with E-state index in [4.69, 9.17) is 0 Å². The molecule has 0 spiro atoms. The molecule has 0 amide bonds. The van der Waals surface area contributed by atoms with Gasteiger partial charge in [-0.25, -0.2) is 9.37 Å². The monoisotopic (exact) mass is 366 g/mol. The molecule has 138 valence electrons. The van der Waals surface area contributed by atoms with Gasteiger partial charge in [0.2, 0.25) is 5.95 Å². The van der Waals surface area contributed by atoms with Gasteiger partial charge in [0.05, 0.1) is 5.69 Å². The molecule has 0 unspecified atom stereocenters. The molecular formula is C22H20F2N2O. The predicted molar refractivity (Wildman–Crippen MR) is 99.6 cm³/mol. The van der Waals surface area contributed by atoms with Crippen LogP contribution in [0.5, 0.6) is 0 Å². The maximum absolute atomic E-state index is 13.7. The number of hydrogen-bond acceptors (Lipinski definition) is 2. The van der Waals surface area contributed by atoms with Gasteiger partial charge in [-0.15, -0.1) is 0 Å². The first-order valence-electron chi connectivity index (χ1n) is 8.96. The number of hydrogen-bond donors (Lipinski definition) is 1. The molecule has 0 radical (unpaired) electrons. The molecule has 1 aliphatic carbocycles. The van der Waals surface area contributed by atoms with Crippen molar-refractivity contribution in [3.63, 3.8) is 0 Å². The zero-order valence-corrected chi connectivity index (χ0v) is 15.3. The molecule has 0 aliphatic heterocycles. The van der Waals surface area contributed by atoms with E-state index in [-0.39, 0.29) is 17.0 Å². The number of carbonyl (C=O) groups excluding carboxylic acids is 1. The second-order valence-electron chi connectivity index (χ2n) is 7.95. The Morgan fingerprint density at radius 3 is 2.70 bits per heavy atom. The Bertz CT molecular complexity index is 1040. The first-order valence-corrected chi connectivity index (χ1v) is 8.96. The number of nitrogens with one attached hydrogen (secondary N) is 1. The van der Waals surface area contributed by atoms with E-state index < -0.39 is 5.95 Å². The van der Waals surface area contributed by atoms with E-state index in [1.807, 2.05) is 6.07 Å². The van der Waals surface area contributed by atoms with Gasteiger partial charge >= 0.3 is 0 Å². The molecule has 1 aromatic carbocycles. The van der Waals surface area contributed by atoms with Crippen LogP contribution in [0.25, 0.3) is 11.3 Å². The fourth-order valence-electron chi connectivity index (χ4n) is 3.96. The van der Waals surface area contributed by atoms with Crippen LogP contribution in [0.3, 0.4) is 0 Å². The minimum Gasteiger partial charge on any atom is -0.358 e. The average molecular weight is 366 g/mol. The molecule has 2 aromatic heterocycles. The molecule has 5 heteroatoms. The van der Waals surface area contributed by atoms with Crippen molar-refractivity contribution in [3.05, 3.63) is 76.7 Å². The lowest BCUT2D eigenvalue weighted by Gasteiger charge is -2.28. The van der Waals surface area contributed by atoms with E-state index in [0.29, 0.717) is 29.7 Å². The summed E-state index contributed by atoms with van der Waals surface area (Å²) in [6.45, 7) is 4.12. The Morgan fingerprint density at radius 1 is 1.15 bits per heavy atom. The molecule has 2 heterocycles. The first kappa shape index (κ1) is 17.6. The van der Waals surface area contributed by atoms with Crippen molar-refractivity contribution in [2.75, 3.05) is 0 Å². The number of ketones is 1. The van der Waals surface area contributed by atoms with Crippen molar-refractivity contribution < 1.29 is 13.6 Å². The number of pyridine rings is 1. The van der Waals surface area contributed by atoms with Crippen molar-refractivity contribution in [1.82, 2.24) is 9.97 Å². The molecule has 4 rings (SSSR count). The average Bonchev–Trinajstić information content (AvgIpc) is 2.92. The minimum absolute atomic E-state index is 0.0738. The quantitative estimate of drug-likeness (QED) is 0.656. The van der Waals surface area contributed by atoms with Gasteiger partial charge in [0.15, 0.2) is 5.78 Å². The first-order chi connectivity index (χ1) is 12.8. The van der Waals surface area contributed by atoms with Crippen LogP contribution in [0.4, 0.5) is 8.78 Å². The smallest absolute Gasteiger partial charge is 0.213 e. The molecule has 1 N–H and O–H groups in total. The number of fused-ring (bicyclic) bond motifs is 1. The van der Waals surface area contributed by atoms with Crippen LogP contribution < -0.4 is 0 Å². The van der Waals surface area contributed by atoms with Gasteiger partial charge in [-0.2, -0.15) is 4.39 Å². The molecule has 0 atom stereocenters. The lowest BCUT2D eigenvalue weighted by Crippen LogP contribution is -2.27. The second-order valence-corrected chi connectivity index (χ2v) is 7.95. The van der Waals surface area contributed by atoms with Gasteiger partial charge in [0.25, 0.3) is 0 Å². The summed E-state index contributed by atoms with van der Waals surface area (Å²) >= 11 is 0. The summed E-state index contributed by atoms with van der Waals surface area (Å²) in [6.07, 6.45) is 2.99. The van der Waals surface area contributed by atoms with Crippen LogP contribution in [-0.2, 0) is 12.8 Å². The number of nitrogens with zero attached hydrogens (tertiary/aromatic N) is 1. The summed E-state index contributed by atoms with van der Waals surface area (Å²) in [6, 6.07) is 9.40. The highest BCUT2D eigenvalue weighted by molar-refractivity contribution is 6.02. The Kier molecular flexibility index (Phi) is 4.17. The molecule has 3 aromatic rings. The van der Waals surface area contributed by atoms with Crippen LogP contribution in [0.15, 0.2) is 42.6 Å². The summed E-state index contributed by atoms with van der Waals surface area (Å²) in [4.78, 5) is 19.9. The maximum Gasteiger partial charge on any atom is 0.213 e. The normalized spacial score (nSPS) is 15.6. The van der Waals surface area contributed by atoms with Crippen LogP contribution in [0, 0.1) is 17.2 Å². The largest absolute Gasteiger partial charge is 0.358 e. The fourth-order valence-corrected chi connectivity index (χ4v) is 3.96. The predicted octanol–water partition coefficient (Wildman–Crippen LogP) is 5.10. The lowest BCUT2D eigenvalue weighted by molar-refractivity contribution is 0.0911. The number of halogens is 2. The molecule has 0 saturated heterocycles. The molecule has 0 saturated carbocycles. The van der Waals surface area contributed by atoms with Crippen molar-refractivity contribution >= 4 is 5.78 Å². The van der Waals surface area contributed by atoms with E-state index in [2.05, 4.69) is 23.8 Å². The zero-order valence-electron chi connectivity index (χ0n) is 15.3. The Morgan fingerprint density at radius 2 is 1.96 bits per heavy atom. The molecule has 27 heavy (non-hydrogen) atoms. The van der Waals surface area contributed by atoms with E-state index in [0.717, 1.165) is 23.2 Å². The van der Waals surface area contributed by atoms with Crippen LogP contribution in [0.1, 0.15) is 47.4 Å². The molecule has 3 nitrogen and oxygen atoms in total. The number of Topliss-reactive ketones (excluding diaryl/α,β-unsaturated/α-hetero) is 1. The Hall–Kier alpha value is -2.82. The van der Waals surface area contributed by atoms with Gasteiger partial charge in [-0.1, -0.05) is 26.0 Å². The van der Waals surface area contributed by atoms with Crippen LogP contribution >= 0.6 is 0 Å². The van der Waals surface area contributed by atoms with Crippen molar-refractivity contribution in [2.45, 2.75) is 33.1 Å². The zero-order chi connectivity index (χ0) is 19.2. The third-order valence-corrected chi connectivity index (χ3v) is 5.04. The van der Waals surface area contributed by atoms with Gasteiger partial charge in [0.1, 0.15) is 5.82 Å². The highest BCUT2D eigenvalue weighted by atomic mass is 19.1. The summed E-state index contributed by atoms with van der Waals surface area (Å²) in [5, 5.41) is 0. The minimum atomic E-state index is -0.580. The highest BCUT2D eigenvalue weighted by Gasteiger charge is 2.35. The second kappa shape index (κ2) is 6.41. The summed E-state index contributed by atoms with van der Waals surface area (Å²) < 4.78 is 27.4. The van der Waals surface area contributed by atoms with E-state index in [1.54, 1.807) is 12.1 Å². The van der Waals surface area contributed by atoms with Crippen LogP contribution in [0.2, 0.25) is 0 Å². The number of carbonyl (C=O) groups is 1. The standard InChI is InChI=1S/C22H20F2N2O/c1-22(2)11-17-20(18(27)12-22)16(9-13-4-3-5-15(23)8-13)21(26-17)14-6-7-25-19(24)10-14/h3-8,10,26H,9,11-12H2,1-2H3. The number of benzene rings is 1.